The Morgan fingerprint density at radius 2 is 1.71 bits per heavy atom. The number of imidazole rings is 1. The highest BCUT2D eigenvalue weighted by atomic mass is 35.5. The first kappa shape index (κ1) is 34.6. The van der Waals surface area contributed by atoms with Crippen molar-refractivity contribution in [2.45, 2.75) is 43.9 Å². The van der Waals surface area contributed by atoms with Gasteiger partial charge >= 0.3 is 13.7 Å². The number of fused-ring (bicyclic) bond motifs is 2. The monoisotopic (exact) mass is 728 g/mol. The number of aromatic nitrogens is 4. The first-order valence-electron chi connectivity index (χ1n) is 16.2. The largest absolute Gasteiger partial charge is 0.460 e. The molecule has 0 radical (unpaired) electrons. The number of aliphatic hydroxyl groups is 1. The number of nitrogens with one attached hydrogen (secondary N) is 1. The van der Waals surface area contributed by atoms with E-state index in [2.05, 4.69) is 20.0 Å². The third-order valence-corrected chi connectivity index (χ3v) is 10.2. The number of nitrogens with zero attached hydrogens (tertiary/aromatic N) is 4. The standard InChI is InChI=1S/C36H34ClN6O7P/c37-36-40-33(38)32-34(41-36)43(22-39-32)31-19-29(30(20-44)48-31)50-51(46,49-28-17-9-15-25-14-7-8-16-26(25)28)42-27(18-23-10-3-1-4-11-23)35(45)47-21-24-12-5-2-6-13-24/h1-17,22,27,29-31,44H,18-21H2,(H,42,46)(H2,38,40,41)/t27-,29?,30?,31+,51?/m0/s1. The Morgan fingerprint density at radius 1 is 1.00 bits per heavy atom. The summed E-state index contributed by atoms with van der Waals surface area (Å²) in [6, 6.07) is 30.1. The molecule has 1 saturated heterocycles. The van der Waals surface area contributed by atoms with Crippen LogP contribution in [0.1, 0.15) is 23.8 Å². The lowest BCUT2D eigenvalue weighted by Gasteiger charge is -2.28. The molecule has 3 heterocycles. The molecular weight excluding hydrogens is 695 g/mol. The molecule has 51 heavy (non-hydrogen) atoms. The summed E-state index contributed by atoms with van der Waals surface area (Å²) in [5, 5.41) is 14.8. The summed E-state index contributed by atoms with van der Waals surface area (Å²) in [5.74, 6) is -0.307. The summed E-state index contributed by atoms with van der Waals surface area (Å²) in [6.45, 7) is -0.476. The van der Waals surface area contributed by atoms with Gasteiger partial charge < -0.3 is 24.8 Å². The van der Waals surface area contributed by atoms with Crippen LogP contribution in [0.25, 0.3) is 21.9 Å². The summed E-state index contributed by atoms with van der Waals surface area (Å²) >= 11 is 6.09. The third-order valence-electron chi connectivity index (χ3n) is 8.44. The van der Waals surface area contributed by atoms with E-state index in [1.54, 1.807) is 16.7 Å². The molecule has 6 aromatic rings. The molecule has 0 saturated carbocycles. The van der Waals surface area contributed by atoms with E-state index in [-0.39, 0.29) is 36.3 Å². The predicted octanol–water partition coefficient (Wildman–Crippen LogP) is 6.01. The molecule has 4 aromatic carbocycles. The number of aliphatic hydroxyl groups excluding tert-OH is 1. The fraction of sp³-hybridized carbons (Fsp3) is 0.222. The Bertz CT molecular complexity index is 2190. The number of ether oxygens (including phenoxy) is 2. The maximum atomic E-state index is 15.1. The zero-order valence-electron chi connectivity index (χ0n) is 27.1. The molecule has 0 aliphatic carbocycles. The average molecular weight is 729 g/mol. The molecule has 262 valence electrons. The molecule has 2 aromatic heterocycles. The van der Waals surface area contributed by atoms with Gasteiger partial charge in [-0.3, -0.25) is 13.9 Å². The minimum atomic E-state index is -4.49. The summed E-state index contributed by atoms with van der Waals surface area (Å²) in [5.41, 5.74) is 8.21. The van der Waals surface area contributed by atoms with Crippen LogP contribution >= 0.6 is 19.3 Å². The molecule has 15 heteroatoms. The van der Waals surface area contributed by atoms with Crippen LogP contribution in [-0.4, -0.2) is 55.5 Å². The smallest absolute Gasteiger partial charge is 0.459 e. The highest BCUT2D eigenvalue weighted by Crippen LogP contribution is 2.51. The Kier molecular flexibility index (Phi) is 10.3. The number of carbonyl (C=O) groups excluding carboxylic acids is 1. The van der Waals surface area contributed by atoms with Crippen LogP contribution in [0.15, 0.2) is 109 Å². The Morgan fingerprint density at radius 3 is 2.47 bits per heavy atom. The van der Waals surface area contributed by atoms with Gasteiger partial charge in [-0.15, -0.1) is 0 Å². The second kappa shape index (κ2) is 15.2. The molecule has 0 bridgehead atoms. The maximum absolute atomic E-state index is 15.1. The number of hydrogen-bond acceptors (Lipinski definition) is 11. The van der Waals surface area contributed by atoms with Gasteiger partial charge in [0.2, 0.25) is 5.28 Å². The van der Waals surface area contributed by atoms with Crippen LogP contribution in [0.4, 0.5) is 5.82 Å². The van der Waals surface area contributed by atoms with E-state index in [1.807, 2.05) is 91.0 Å². The molecule has 1 fully saturated rings. The van der Waals surface area contributed by atoms with Gasteiger partial charge in [0.05, 0.1) is 12.9 Å². The van der Waals surface area contributed by atoms with Crippen molar-refractivity contribution in [2.24, 2.45) is 0 Å². The lowest BCUT2D eigenvalue weighted by Crippen LogP contribution is -2.41. The van der Waals surface area contributed by atoms with Crippen LogP contribution < -0.4 is 15.3 Å². The van der Waals surface area contributed by atoms with E-state index in [4.69, 9.17) is 35.9 Å². The normalized spacial score (nSPS) is 19.1. The molecule has 13 nitrogen and oxygen atoms in total. The van der Waals surface area contributed by atoms with E-state index in [9.17, 15) is 9.90 Å². The average Bonchev–Trinajstić information content (AvgIpc) is 3.75. The molecule has 3 unspecified atom stereocenters. The number of benzene rings is 4. The second-order valence-electron chi connectivity index (χ2n) is 11.9. The van der Waals surface area contributed by atoms with E-state index < -0.39 is 44.8 Å². The molecule has 1 aliphatic heterocycles. The van der Waals surface area contributed by atoms with Crippen molar-refractivity contribution in [1.29, 1.82) is 0 Å². The number of halogens is 1. The lowest BCUT2D eigenvalue weighted by atomic mass is 10.1. The predicted molar refractivity (Wildman–Crippen MR) is 191 cm³/mol. The van der Waals surface area contributed by atoms with Gasteiger partial charge in [0.15, 0.2) is 11.5 Å². The van der Waals surface area contributed by atoms with Gasteiger partial charge in [0.25, 0.3) is 0 Å². The van der Waals surface area contributed by atoms with Crippen LogP contribution in [0.3, 0.4) is 0 Å². The zero-order chi connectivity index (χ0) is 35.4. The molecular formula is C36H34ClN6O7P. The maximum Gasteiger partial charge on any atom is 0.459 e. The summed E-state index contributed by atoms with van der Waals surface area (Å²) in [6.07, 6.45) is -1.05. The van der Waals surface area contributed by atoms with Crippen LogP contribution in [0.5, 0.6) is 5.75 Å². The molecule has 0 amide bonds. The van der Waals surface area contributed by atoms with Crippen molar-refractivity contribution in [3.8, 4) is 5.75 Å². The van der Waals surface area contributed by atoms with Crippen molar-refractivity contribution in [2.75, 3.05) is 12.3 Å². The van der Waals surface area contributed by atoms with Gasteiger partial charge in [-0.2, -0.15) is 15.1 Å². The van der Waals surface area contributed by atoms with E-state index in [1.165, 1.54) is 6.33 Å². The van der Waals surface area contributed by atoms with Crippen molar-refractivity contribution in [3.63, 3.8) is 0 Å². The minimum Gasteiger partial charge on any atom is -0.460 e. The molecule has 0 spiro atoms. The van der Waals surface area contributed by atoms with Gasteiger partial charge in [-0.25, -0.2) is 9.55 Å². The zero-order valence-corrected chi connectivity index (χ0v) is 28.8. The fourth-order valence-electron chi connectivity index (χ4n) is 5.98. The fourth-order valence-corrected chi connectivity index (χ4v) is 7.88. The van der Waals surface area contributed by atoms with Crippen LogP contribution in [0.2, 0.25) is 5.28 Å². The Hall–Kier alpha value is -4.88. The third kappa shape index (κ3) is 7.89. The van der Waals surface area contributed by atoms with Gasteiger partial charge in [0, 0.05) is 11.8 Å². The van der Waals surface area contributed by atoms with Gasteiger partial charge in [-0.1, -0.05) is 97.1 Å². The van der Waals surface area contributed by atoms with Crippen molar-refractivity contribution >= 4 is 53.1 Å². The van der Waals surface area contributed by atoms with E-state index in [0.29, 0.717) is 16.6 Å². The van der Waals surface area contributed by atoms with Crippen molar-refractivity contribution in [3.05, 3.63) is 126 Å². The molecule has 4 N–H and O–H groups in total. The first-order chi connectivity index (χ1) is 24.8. The number of esters is 1. The number of rotatable bonds is 13. The van der Waals surface area contributed by atoms with Crippen LogP contribution in [-0.2, 0) is 36.4 Å². The SMILES string of the molecule is Nc1nc(Cl)nc2c1ncn2[C@H]1CC(OP(=O)(N[C@@H](Cc2ccccc2)C(=O)OCc2ccccc2)Oc2cccc3ccccc23)C(CO)O1. The Balaban J connectivity index is 1.22. The number of hydrogen-bond donors (Lipinski definition) is 3. The highest BCUT2D eigenvalue weighted by molar-refractivity contribution is 7.52. The topological polar surface area (TPSA) is 173 Å². The molecule has 7 rings (SSSR count). The van der Waals surface area contributed by atoms with Gasteiger partial charge in [0.1, 0.15) is 42.4 Å². The summed E-state index contributed by atoms with van der Waals surface area (Å²) in [4.78, 5) is 26.3. The van der Waals surface area contributed by atoms with E-state index in [0.717, 1.165) is 16.5 Å². The lowest BCUT2D eigenvalue weighted by molar-refractivity contribution is -0.147. The summed E-state index contributed by atoms with van der Waals surface area (Å²) in [7, 11) is -4.49. The van der Waals surface area contributed by atoms with Gasteiger partial charge in [-0.05, 0) is 40.6 Å². The minimum absolute atomic E-state index is 0.00363. The summed E-state index contributed by atoms with van der Waals surface area (Å²) < 4.78 is 41.2. The number of nitrogen functional groups attached to an aromatic ring is 1. The quantitative estimate of drug-likeness (QED) is 0.0719. The number of carbonyl (C=O) groups is 1. The highest BCUT2D eigenvalue weighted by Gasteiger charge is 2.45. The second-order valence-corrected chi connectivity index (χ2v) is 13.9. The van der Waals surface area contributed by atoms with Crippen molar-refractivity contribution in [1.82, 2.24) is 24.6 Å². The Labute approximate surface area is 297 Å². The molecule has 5 atom stereocenters. The van der Waals surface area contributed by atoms with E-state index >= 15 is 4.57 Å². The number of nitrogens with two attached hydrogens (primary N) is 1. The first-order valence-corrected chi connectivity index (χ1v) is 18.1. The molecule has 1 aliphatic rings. The number of anilines is 1. The van der Waals surface area contributed by atoms with Crippen LogP contribution in [0, 0.1) is 0 Å². The van der Waals surface area contributed by atoms with Crippen molar-refractivity contribution < 1.29 is 33.0 Å².